The minimum absolute atomic E-state index is 0.181. The summed E-state index contributed by atoms with van der Waals surface area (Å²) >= 11 is 5.94. The molecule has 0 aliphatic rings. The molecule has 4 rings (SSSR count). The quantitative estimate of drug-likeness (QED) is 0.364. The summed E-state index contributed by atoms with van der Waals surface area (Å²) in [6.45, 7) is 0. The first-order valence-corrected chi connectivity index (χ1v) is 9.32. The molecule has 4 aromatic rings. The highest BCUT2D eigenvalue weighted by atomic mass is 35.5. The van der Waals surface area contributed by atoms with Crippen molar-refractivity contribution in [1.29, 1.82) is 0 Å². The van der Waals surface area contributed by atoms with Crippen LogP contribution in [0.2, 0.25) is 0 Å². The van der Waals surface area contributed by atoms with Crippen molar-refractivity contribution in [3.8, 4) is 5.69 Å². The number of halogens is 1. The van der Waals surface area contributed by atoms with E-state index in [2.05, 4.69) is 108 Å². The zero-order valence-electron chi connectivity index (χ0n) is 14.4. The lowest BCUT2D eigenvalue weighted by Crippen LogP contribution is -2.09. The molecule has 0 saturated carbocycles. The number of hydrogen-bond donors (Lipinski definition) is 0. The number of hydrogen-bond acceptors (Lipinski definition) is 0. The first-order chi connectivity index (χ1) is 12.9. The predicted octanol–water partition coefficient (Wildman–Crippen LogP) is 6.40. The van der Waals surface area contributed by atoms with Crippen molar-refractivity contribution in [2.45, 2.75) is 11.8 Å². The topological polar surface area (TPSA) is 4.93 Å². The summed E-state index contributed by atoms with van der Waals surface area (Å²) in [6, 6.07) is 34.1. The second-order valence-corrected chi connectivity index (χ2v) is 6.62. The average molecular weight is 358 g/mol. The highest BCUT2D eigenvalue weighted by Gasteiger charge is 2.20. The third-order valence-corrected chi connectivity index (χ3v) is 5.02. The van der Waals surface area contributed by atoms with Crippen LogP contribution < -0.4 is 0 Å². The highest BCUT2D eigenvalue weighted by Crippen LogP contribution is 2.33. The Balaban J connectivity index is 1.84. The van der Waals surface area contributed by atoms with Gasteiger partial charge in [0.05, 0.1) is 0 Å². The lowest BCUT2D eigenvalue weighted by atomic mass is 9.88. The fourth-order valence-corrected chi connectivity index (χ4v) is 3.61. The molecule has 0 amide bonds. The van der Waals surface area contributed by atoms with Crippen molar-refractivity contribution >= 4 is 11.6 Å². The van der Waals surface area contributed by atoms with Crippen LogP contribution in [0.4, 0.5) is 0 Å². The summed E-state index contributed by atoms with van der Waals surface area (Å²) in [6.07, 6.45) is 2.13. The Morgan fingerprint density at radius 3 is 1.77 bits per heavy atom. The Morgan fingerprint density at radius 1 is 0.654 bits per heavy atom. The predicted molar refractivity (Wildman–Crippen MR) is 109 cm³/mol. The van der Waals surface area contributed by atoms with Gasteiger partial charge in [-0.15, -0.1) is 11.6 Å². The first-order valence-electron chi connectivity index (χ1n) is 8.79. The molecule has 128 valence electrons. The van der Waals surface area contributed by atoms with Gasteiger partial charge in [0.15, 0.2) is 0 Å². The molecule has 0 unspecified atom stereocenters. The third kappa shape index (κ3) is 3.31. The lowest BCUT2D eigenvalue weighted by molar-refractivity contribution is 0.863. The van der Waals surface area contributed by atoms with Crippen LogP contribution in [0, 0.1) is 0 Å². The van der Waals surface area contributed by atoms with Gasteiger partial charge in [0.2, 0.25) is 0 Å². The molecule has 0 fully saturated rings. The molecule has 0 atom stereocenters. The number of nitrogens with zero attached hydrogens (tertiary/aromatic N) is 1. The van der Waals surface area contributed by atoms with E-state index in [1.54, 1.807) is 0 Å². The molecular weight excluding hydrogens is 338 g/mol. The van der Waals surface area contributed by atoms with E-state index >= 15 is 0 Å². The first kappa shape index (κ1) is 16.7. The molecule has 0 aliphatic heterocycles. The molecule has 3 aromatic carbocycles. The SMILES string of the molecule is ClCc1ccc(-n2cccc2C(c2ccccc2)c2ccccc2)cc1. The van der Waals surface area contributed by atoms with Crippen LogP contribution in [0.5, 0.6) is 0 Å². The summed E-state index contributed by atoms with van der Waals surface area (Å²) in [4.78, 5) is 0. The average Bonchev–Trinajstić information content (AvgIpc) is 3.19. The van der Waals surface area contributed by atoms with Gasteiger partial charge in [-0.1, -0.05) is 72.8 Å². The van der Waals surface area contributed by atoms with Gasteiger partial charge >= 0.3 is 0 Å². The Bertz CT molecular complexity index is 917. The van der Waals surface area contributed by atoms with E-state index in [-0.39, 0.29) is 5.92 Å². The van der Waals surface area contributed by atoms with E-state index in [0.29, 0.717) is 5.88 Å². The zero-order valence-corrected chi connectivity index (χ0v) is 15.2. The molecule has 0 saturated heterocycles. The van der Waals surface area contributed by atoms with Crippen molar-refractivity contribution in [1.82, 2.24) is 4.57 Å². The van der Waals surface area contributed by atoms with Crippen LogP contribution in [-0.4, -0.2) is 4.57 Å². The van der Waals surface area contributed by atoms with Crippen LogP contribution in [-0.2, 0) is 5.88 Å². The number of alkyl halides is 1. The molecule has 0 N–H and O–H groups in total. The van der Waals surface area contributed by atoms with Crippen molar-refractivity contribution < 1.29 is 0 Å². The van der Waals surface area contributed by atoms with Crippen molar-refractivity contribution in [3.63, 3.8) is 0 Å². The van der Waals surface area contributed by atoms with Crippen molar-refractivity contribution in [3.05, 3.63) is 126 Å². The summed E-state index contributed by atoms with van der Waals surface area (Å²) in [5.74, 6) is 0.718. The van der Waals surface area contributed by atoms with Crippen LogP contribution >= 0.6 is 11.6 Å². The van der Waals surface area contributed by atoms with Crippen LogP contribution in [0.1, 0.15) is 28.3 Å². The van der Waals surface area contributed by atoms with Gasteiger partial charge in [0.1, 0.15) is 0 Å². The Hall–Kier alpha value is -2.77. The van der Waals surface area contributed by atoms with Crippen LogP contribution in [0.3, 0.4) is 0 Å². The summed E-state index contributed by atoms with van der Waals surface area (Å²) in [7, 11) is 0. The summed E-state index contributed by atoms with van der Waals surface area (Å²) in [5.41, 5.74) is 6.11. The maximum Gasteiger partial charge on any atom is 0.0496 e. The molecule has 0 bridgehead atoms. The molecule has 26 heavy (non-hydrogen) atoms. The summed E-state index contributed by atoms with van der Waals surface area (Å²) in [5, 5.41) is 0. The number of aromatic nitrogens is 1. The maximum absolute atomic E-state index is 5.94. The Labute approximate surface area is 159 Å². The second-order valence-electron chi connectivity index (χ2n) is 6.36. The molecule has 0 spiro atoms. The number of rotatable bonds is 5. The van der Waals surface area contributed by atoms with Crippen molar-refractivity contribution in [2.75, 3.05) is 0 Å². The highest BCUT2D eigenvalue weighted by molar-refractivity contribution is 6.17. The fraction of sp³-hybridized carbons (Fsp3) is 0.0833. The zero-order chi connectivity index (χ0) is 17.8. The van der Waals surface area contributed by atoms with Gasteiger partial charge in [-0.2, -0.15) is 0 Å². The van der Waals surface area contributed by atoms with Gasteiger partial charge in [0.25, 0.3) is 0 Å². The fourth-order valence-electron chi connectivity index (χ4n) is 3.44. The molecular formula is C24H20ClN. The van der Waals surface area contributed by atoms with Gasteiger partial charge in [-0.05, 0) is 41.0 Å². The van der Waals surface area contributed by atoms with E-state index < -0.39 is 0 Å². The Kier molecular flexibility index (Phi) is 4.90. The minimum atomic E-state index is 0.181. The van der Waals surface area contributed by atoms with E-state index in [0.717, 1.165) is 11.3 Å². The van der Waals surface area contributed by atoms with Crippen LogP contribution in [0.25, 0.3) is 5.69 Å². The standard InChI is InChI=1S/C24H20ClN/c25-18-19-13-15-22(16-14-19)26-17-7-12-23(26)24(20-8-3-1-4-9-20)21-10-5-2-6-11-21/h1-17,24H,18H2. The molecule has 1 aromatic heterocycles. The minimum Gasteiger partial charge on any atom is -0.320 e. The van der Waals surface area contributed by atoms with Crippen molar-refractivity contribution in [2.24, 2.45) is 0 Å². The third-order valence-electron chi connectivity index (χ3n) is 4.71. The Morgan fingerprint density at radius 2 is 1.23 bits per heavy atom. The van der Waals surface area contributed by atoms with Crippen LogP contribution in [0.15, 0.2) is 103 Å². The van der Waals surface area contributed by atoms with Gasteiger partial charge in [-0.25, -0.2) is 0 Å². The normalized spacial score (nSPS) is 11.0. The number of benzene rings is 3. The van der Waals surface area contributed by atoms with E-state index in [4.69, 9.17) is 11.6 Å². The van der Waals surface area contributed by atoms with E-state index in [9.17, 15) is 0 Å². The maximum atomic E-state index is 5.94. The summed E-state index contributed by atoms with van der Waals surface area (Å²) < 4.78 is 2.27. The second kappa shape index (κ2) is 7.63. The molecule has 1 nitrogen and oxygen atoms in total. The molecule has 1 heterocycles. The molecule has 0 radical (unpaired) electrons. The largest absolute Gasteiger partial charge is 0.320 e. The lowest BCUT2D eigenvalue weighted by Gasteiger charge is -2.21. The van der Waals surface area contributed by atoms with E-state index in [1.807, 2.05) is 0 Å². The van der Waals surface area contributed by atoms with E-state index in [1.165, 1.54) is 16.8 Å². The monoisotopic (exact) mass is 357 g/mol. The smallest absolute Gasteiger partial charge is 0.0496 e. The van der Waals surface area contributed by atoms with Gasteiger partial charge in [-0.3, -0.25) is 0 Å². The van der Waals surface area contributed by atoms with Gasteiger partial charge in [0, 0.05) is 29.4 Å². The molecule has 2 heteroatoms. The van der Waals surface area contributed by atoms with Gasteiger partial charge < -0.3 is 4.57 Å². The molecule has 0 aliphatic carbocycles.